The van der Waals surface area contributed by atoms with E-state index >= 15 is 0 Å². The third-order valence-electron chi connectivity index (χ3n) is 3.79. The van der Waals surface area contributed by atoms with E-state index < -0.39 is 0 Å². The maximum atomic E-state index is 12.1. The van der Waals surface area contributed by atoms with Crippen molar-refractivity contribution < 1.29 is 5.11 Å². The first-order valence-electron chi connectivity index (χ1n) is 6.66. The van der Waals surface area contributed by atoms with Crippen molar-refractivity contribution in [2.45, 2.75) is 32.9 Å². The van der Waals surface area contributed by atoms with Crippen molar-refractivity contribution in [1.82, 2.24) is 14.9 Å². The summed E-state index contributed by atoms with van der Waals surface area (Å²) in [4.78, 5) is 21.4. The number of aromatic nitrogens is 2. The standard InChI is InChI=1S/C15H21N3O2/c1-10-6-5-7-11-13(10)16-12(17-14(11)20)8-18(4)15(2,3)9-19/h5-7,19H,8-9H2,1-4H3,(H,16,17,20). The summed E-state index contributed by atoms with van der Waals surface area (Å²) in [7, 11) is 1.90. The molecule has 5 heteroatoms. The number of likely N-dealkylation sites (N-methyl/N-ethyl adjacent to an activating group) is 1. The second-order valence-electron chi connectivity index (χ2n) is 5.81. The first-order chi connectivity index (χ1) is 9.35. The number of hydrogen-bond donors (Lipinski definition) is 2. The van der Waals surface area contributed by atoms with Gasteiger partial charge < -0.3 is 10.1 Å². The number of nitrogens with one attached hydrogen (secondary N) is 1. The number of fused-ring (bicyclic) bond motifs is 1. The molecule has 0 aliphatic heterocycles. The number of aromatic amines is 1. The number of aliphatic hydroxyl groups excluding tert-OH is 1. The van der Waals surface area contributed by atoms with E-state index in [1.54, 1.807) is 6.07 Å². The van der Waals surface area contributed by atoms with Crippen LogP contribution in [0, 0.1) is 6.92 Å². The van der Waals surface area contributed by atoms with Gasteiger partial charge in [-0.05, 0) is 39.4 Å². The topological polar surface area (TPSA) is 69.2 Å². The largest absolute Gasteiger partial charge is 0.394 e. The molecule has 2 rings (SSSR count). The smallest absolute Gasteiger partial charge is 0.258 e. The van der Waals surface area contributed by atoms with Gasteiger partial charge in [0.1, 0.15) is 5.82 Å². The number of H-pyrrole nitrogens is 1. The van der Waals surface area contributed by atoms with Crippen molar-refractivity contribution in [1.29, 1.82) is 0 Å². The van der Waals surface area contributed by atoms with E-state index in [-0.39, 0.29) is 17.7 Å². The number of aliphatic hydroxyl groups is 1. The van der Waals surface area contributed by atoms with Crippen LogP contribution in [0.3, 0.4) is 0 Å². The van der Waals surface area contributed by atoms with Crippen LogP contribution in [0.5, 0.6) is 0 Å². The summed E-state index contributed by atoms with van der Waals surface area (Å²) in [6.07, 6.45) is 0. The molecule has 0 bridgehead atoms. The summed E-state index contributed by atoms with van der Waals surface area (Å²) in [5, 5.41) is 9.99. The molecular formula is C15H21N3O2. The Morgan fingerprint density at radius 1 is 1.40 bits per heavy atom. The minimum Gasteiger partial charge on any atom is -0.394 e. The molecule has 1 heterocycles. The Morgan fingerprint density at radius 2 is 2.10 bits per heavy atom. The van der Waals surface area contributed by atoms with Gasteiger partial charge in [-0.3, -0.25) is 9.69 Å². The minimum atomic E-state index is -0.362. The molecule has 0 saturated heterocycles. The van der Waals surface area contributed by atoms with Gasteiger partial charge in [-0.1, -0.05) is 12.1 Å². The molecule has 2 aromatic rings. The summed E-state index contributed by atoms with van der Waals surface area (Å²) in [5.74, 6) is 0.612. The van der Waals surface area contributed by atoms with E-state index in [2.05, 4.69) is 9.97 Å². The lowest BCUT2D eigenvalue weighted by Gasteiger charge is -2.33. The molecule has 0 aliphatic rings. The Balaban J connectivity index is 2.42. The molecule has 0 spiro atoms. The number of aryl methyl sites for hydroxylation is 1. The Bertz CT molecular complexity index is 676. The van der Waals surface area contributed by atoms with E-state index in [1.807, 2.05) is 44.9 Å². The number of benzene rings is 1. The van der Waals surface area contributed by atoms with Crippen LogP contribution in [0.25, 0.3) is 10.9 Å². The van der Waals surface area contributed by atoms with Crippen molar-refractivity contribution in [3.05, 3.63) is 39.9 Å². The Hall–Kier alpha value is -1.72. The van der Waals surface area contributed by atoms with Gasteiger partial charge in [-0.2, -0.15) is 0 Å². The fourth-order valence-electron chi connectivity index (χ4n) is 1.99. The summed E-state index contributed by atoms with van der Waals surface area (Å²) >= 11 is 0. The quantitative estimate of drug-likeness (QED) is 0.885. The number of nitrogens with zero attached hydrogens (tertiary/aromatic N) is 2. The van der Waals surface area contributed by atoms with Crippen LogP contribution in [-0.2, 0) is 6.54 Å². The van der Waals surface area contributed by atoms with Gasteiger partial charge in [0.25, 0.3) is 5.56 Å². The lowest BCUT2D eigenvalue weighted by Crippen LogP contribution is -2.44. The molecule has 0 aliphatic carbocycles. The normalized spacial score (nSPS) is 12.3. The van der Waals surface area contributed by atoms with Crippen LogP contribution < -0.4 is 5.56 Å². The molecule has 0 radical (unpaired) electrons. The summed E-state index contributed by atoms with van der Waals surface area (Å²) in [5.41, 5.74) is 1.24. The molecule has 0 saturated carbocycles. The van der Waals surface area contributed by atoms with Crippen LogP contribution >= 0.6 is 0 Å². The number of hydrogen-bond acceptors (Lipinski definition) is 4. The van der Waals surface area contributed by atoms with Crippen LogP contribution in [0.15, 0.2) is 23.0 Å². The van der Waals surface area contributed by atoms with Crippen molar-refractivity contribution >= 4 is 10.9 Å². The summed E-state index contributed by atoms with van der Waals surface area (Å²) < 4.78 is 0. The van der Waals surface area contributed by atoms with Crippen LogP contribution in [0.1, 0.15) is 25.2 Å². The Kier molecular flexibility index (Phi) is 3.92. The zero-order valence-electron chi connectivity index (χ0n) is 12.4. The van der Waals surface area contributed by atoms with E-state index in [4.69, 9.17) is 0 Å². The summed E-state index contributed by atoms with van der Waals surface area (Å²) in [6, 6.07) is 5.58. The van der Waals surface area contributed by atoms with Crippen molar-refractivity contribution in [2.75, 3.05) is 13.7 Å². The molecule has 1 aromatic heterocycles. The molecule has 0 unspecified atom stereocenters. The zero-order chi connectivity index (χ0) is 14.9. The predicted octanol–water partition coefficient (Wildman–Crippen LogP) is 1.43. The highest BCUT2D eigenvalue weighted by atomic mass is 16.3. The van der Waals surface area contributed by atoms with Crippen LogP contribution in [-0.4, -0.2) is 39.2 Å². The fourth-order valence-corrected chi connectivity index (χ4v) is 1.99. The van der Waals surface area contributed by atoms with Gasteiger partial charge in [0.2, 0.25) is 0 Å². The van der Waals surface area contributed by atoms with Crippen molar-refractivity contribution in [3.8, 4) is 0 Å². The molecule has 5 nitrogen and oxygen atoms in total. The molecule has 0 fully saturated rings. The first kappa shape index (κ1) is 14.7. The summed E-state index contributed by atoms with van der Waals surface area (Å²) in [6.45, 7) is 6.35. The monoisotopic (exact) mass is 275 g/mol. The second kappa shape index (κ2) is 5.34. The van der Waals surface area contributed by atoms with Crippen molar-refractivity contribution in [3.63, 3.8) is 0 Å². The highest BCUT2D eigenvalue weighted by Crippen LogP contribution is 2.15. The molecule has 20 heavy (non-hydrogen) atoms. The lowest BCUT2D eigenvalue weighted by molar-refractivity contribution is 0.0714. The number of rotatable bonds is 4. The van der Waals surface area contributed by atoms with E-state index in [0.717, 1.165) is 11.1 Å². The Morgan fingerprint density at radius 3 is 2.75 bits per heavy atom. The Labute approximate surface area is 118 Å². The van der Waals surface area contributed by atoms with Gasteiger partial charge in [0.05, 0.1) is 24.1 Å². The van der Waals surface area contributed by atoms with Gasteiger partial charge in [0.15, 0.2) is 0 Å². The third-order valence-corrected chi connectivity index (χ3v) is 3.79. The minimum absolute atomic E-state index is 0.0420. The maximum absolute atomic E-state index is 12.1. The van der Waals surface area contributed by atoms with E-state index in [9.17, 15) is 9.90 Å². The second-order valence-corrected chi connectivity index (χ2v) is 5.81. The third kappa shape index (κ3) is 2.73. The molecule has 0 atom stereocenters. The molecule has 108 valence electrons. The molecule has 1 aromatic carbocycles. The van der Waals surface area contributed by atoms with Gasteiger partial charge >= 0.3 is 0 Å². The highest BCUT2D eigenvalue weighted by molar-refractivity contribution is 5.80. The molecule has 0 amide bonds. The predicted molar refractivity (Wildman–Crippen MR) is 79.7 cm³/mol. The fraction of sp³-hybridized carbons (Fsp3) is 0.467. The van der Waals surface area contributed by atoms with Crippen LogP contribution in [0.4, 0.5) is 0 Å². The highest BCUT2D eigenvalue weighted by Gasteiger charge is 2.23. The maximum Gasteiger partial charge on any atom is 0.258 e. The zero-order valence-corrected chi connectivity index (χ0v) is 12.4. The lowest BCUT2D eigenvalue weighted by atomic mass is 10.1. The van der Waals surface area contributed by atoms with Crippen LogP contribution in [0.2, 0.25) is 0 Å². The first-order valence-corrected chi connectivity index (χ1v) is 6.66. The van der Waals surface area contributed by atoms with Gasteiger partial charge in [0, 0.05) is 5.54 Å². The average molecular weight is 275 g/mol. The van der Waals surface area contributed by atoms with Crippen molar-refractivity contribution in [2.24, 2.45) is 0 Å². The van der Waals surface area contributed by atoms with Gasteiger partial charge in [-0.25, -0.2) is 4.98 Å². The van der Waals surface area contributed by atoms with E-state index in [1.165, 1.54) is 0 Å². The SMILES string of the molecule is Cc1cccc2c(=O)[nH]c(CN(C)C(C)(C)CO)nc12. The number of para-hydroxylation sites is 1. The van der Waals surface area contributed by atoms with Gasteiger partial charge in [-0.15, -0.1) is 0 Å². The molecule has 2 N–H and O–H groups in total. The average Bonchev–Trinajstić information content (AvgIpc) is 2.40. The molecular weight excluding hydrogens is 254 g/mol. The van der Waals surface area contributed by atoms with E-state index in [0.29, 0.717) is 17.8 Å².